The Bertz CT molecular complexity index is 558. The molecule has 0 heterocycles. The van der Waals surface area contributed by atoms with Crippen LogP contribution in [0.4, 0.5) is 4.39 Å². The van der Waals surface area contributed by atoms with Crippen LogP contribution in [0, 0.1) is 12.7 Å². The number of carboxylic acid groups (broad SMARTS) is 1. The number of ether oxygens (including phenoxy) is 1. The van der Waals surface area contributed by atoms with E-state index in [1.54, 1.807) is 6.92 Å². The summed E-state index contributed by atoms with van der Waals surface area (Å²) in [6.07, 6.45) is -0.218. The quantitative estimate of drug-likeness (QED) is 0.771. The Morgan fingerprint density at radius 3 is 2.57 bits per heavy atom. The largest absolute Gasteiger partial charge is 0.480 e. The maximum atomic E-state index is 13.0. The number of amides is 1. The van der Waals surface area contributed by atoms with Gasteiger partial charge in [0.05, 0.1) is 7.11 Å². The number of methoxy groups -OCH3 is 1. The van der Waals surface area contributed by atoms with Crippen molar-refractivity contribution in [3.8, 4) is 0 Å². The molecule has 0 radical (unpaired) electrons. The predicted molar refractivity (Wildman–Crippen MR) is 71.3 cm³/mol. The van der Waals surface area contributed by atoms with Crippen LogP contribution in [0.5, 0.6) is 0 Å². The molecule has 2 N–H and O–H groups in total. The highest BCUT2D eigenvalue weighted by atomic mass is 19.1. The van der Waals surface area contributed by atoms with Gasteiger partial charge in [-0.25, -0.2) is 9.18 Å². The van der Waals surface area contributed by atoms with E-state index >= 15 is 0 Å². The molecule has 0 fully saturated rings. The molecule has 0 aliphatic carbocycles. The fraction of sp³-hybridized carbons (Fsp3) is 0.357. The molecule has 1 rings (SSSR count). The molecule has 0 saturated carbocycles. The fourth-order valence-corrected chi connectivity index (χ4v) is 1.74. The van der Waals surface area contributed by atoms with Crippen LogP contribution in [-0.2, 0) is 14.3 Å². The van der Waals surface area contributed by atoms with Crippen molar-refractivity contribution in [1.29, 1.82) is 0 Å². The maximum absolute atomic E-state index is 13.0. The van der Waals surface area contributed by atoms with Gasteiger partial charge < -0.3 is 15.2 Å². The minimum atomic E-state index is -1.26. The van der Waals surface area contributed by atoms with Crippen LogP contribution in [0.25, 0.3) is 0 Å². The molecule has 1 amide bonds. The average molecular weight is 297 g/mol. The molecule has 0 aliphatic heterocycles. The number of hydrogen-bond acceptors (Lipinski definition) is 4. The molecule has 0 aliphatic rings. The van der Waals surface area contributed by atoms with E-state index < -0.39 is 29.7 Å². The number of carboxylic acids is 1. The normalized spacial score (nSPS) is 11.6. The van der Waals surface area contributed by atoms with E-state index in [1.807, 2.05) is 0 Å². The molecule has 0 aromatic heterocycles. The maximum Gasteiger partial charge on any atom is 0.326 e. The molecule has 7 heteroatoms. The molecule has 0 saturated heterocycles. The first-order chi connectivity index (χ1) is 9.85. The van der Waals surface area contributed by atoms with Gasteiger partial charge in [-0.1, -0.05) is 0 Å². The van der Waals surface area contributed by atoms with Gasteiger partial charge in [0.15, 0.2) is 0 Å². The first-order valence-electron chi connectivity index (χ1n) is 6.21. The third kappa shape index (κ3) is 4.87. The summed E-state index contributed by atoms with van der Waals surface area (Å²) in [5.41, 5.74) is 0.574. The summed E-state index contributed by atoms with van der Waals surface area (Å²) in [6.45, 7) is 1.54. The summed E-state index contributed by atoms with van der Waals surface area (Å²) in [5, 5.41) is 11.3. The van der Waals surface area contributed by atoms with E-state index in [4.69, 9.17) is 5.11 Å². The number of esters is 1. The Morgan fingerprint density at radius 2 is 2.05 bits per heavy atom. The van der Waals surface area contributed by atoms with E-state index in [2.05, 4.69) is 10.1 Å². The highest BCUT2D eigenvalue weighted by Crippen LogP contribution is 2.11. The Hall–Kier alpha value is -2.44. The van der Waals surface area contributed by atoms with Gasteiger partial charge in [-0.2, -0.15) is 0 Å². The summed E-state index contributed by atoms with van der Waals surface area (Å²) in [4.78, 5) is 34.1. The summed E-state index contributed by atoms with van der Waals surface area (Å²) < 4.78 is 17.4. The molecule has 1 aromatic carbocycles. The lowest BCUT2D eigenvalue weighted by molar-refractivity contribution is -0.142. The lowest BCUT2D eigenvalue weighted by atomic mass is 10.1. The number of aryl methyl sites for hydroxylation is 1. The standard InChI is InChI=1S/C14H16FNO5/c1-8-7-9(15)3-4-10(8)13(18)16-11(14(19)20)5-6-12(17)21-2/h3-4,7,11H,5-6H2,1-2H3,(H,16,18)(H,19,20)/t11-/m1/s1. The first-order valence-corrected chi connectivity index (χ1v) is 6.21. The third-order valence-corrected chi connectivity index (χ3v) is 2.90. The minimum absolute atomic E-state index is 0.0893. The van der Waals surface area contributed by atoms with E-state index in [1.165, 1.54) is 19.2 Å². The highest BCUT2D eigenvalue weighted by molar-refractivity contribution is 5.97. The van der Waals surface area contributed by atoms with Crippen LogP contribution in [0.1, 0.15) is 28.8 Å². The van der Waals surface area contributed by atoms with Gasteiger partial charge in [0.2, 0.25) is 0 Å². The second-order valence-corrected chi connectivity index (χ2v) is 4.44. The summed E-state index contributed by atoms with van der Waals surface area (Å²) in [6, 6.07) is 2.35. The Balaban J connectivity index is 2.76. The van der Waals surface area contributed by atoms with E-state index in [9.17, 15) is 18.8 Å². The summed E-state index contributed by atoms with van der Waals surface area (Å²) >= 11 is 0. The van der Waals surface area contributed by atoms with Crippen molar-refractivity contribution >= 4 is 17.8 Å². The predicted octanol–water partition coefficient (Wildman–Crippen LogP) is 1.27. The Labute approximate surface area is 120 Å². The number of rotatable bonds is 6. The van der Waals surface area contributed by atoms with Crippen molar-refractivity contribution < 1.29 is 28.6 Å². The van der Waals surface area contributed by atoms with Crippen molar-refractivity contribution in [2.45, 2.75) is 25.8 Å². The fourth-order valence-electron chi connectivity index (χ4n) is 1.74. The van der Waals surface area contributed by atoms with Crippen LogP contribution < -0.4 is 5.32 Å². The third-order valence-electron chi connectivity index (χ3n) is 2.90. The van der Waals surface area contributed by atoms with Gasteiger partial charge in [-0.15, -0.1) is 0 Å². The summed E-state index contributed by atoms with van der Waals surface area (Å²) in [5.74, 6) is -2.94. The zero-order chi connectivity index (χ0) is 16.0. The topological polar surface area (TPSA) is 92.7 Å². The van der Waals surface area contributed by atoms with Gasteiger partial charge in [-0.05, 0) is 37.1 Å². The van der Waals surface area contributed by atoms with Crippen molar-refractivity contribution in [2.75, 3.05) is 7.11 Å². The number of nitrogens with one attached hydrogen (secondary N) is 1. The smallest absolute Gasteiger partial charge is 0.326 e. The minimum Gasteiger partial charge on any atom is -0.480 e. The summed E-state index contributed by atoms with van der Waals surface area (Å²) in [7, 11) is 1.19. The first kappa shape index (κ1) is 16.6. The van der Waals surface area contributed by atoms with Gasteiger partial charge in [0, 0.05) is 12.0 Å². The molecule has 21 heavy (non-hydrogen) atoms. The molecule has 0 spiro atoms. The van der Waals surface area contributed by atoms with Gasteiger partial charge in [-0.3, -0.25) is 9.59 Å². The van der Waals surface area contributed by atoms with E-state index in [0.29, 0.717) is 5.56 Å². The zero-order valence-corrected chi connectivity index (χ0v) is 11.7. The van der Waals surface area contributed by atoms with Crippen LogP contribution >= 0.6 is 0 Å². The van der Waals surface area contributed by atoms with E-state index in [0.717, 1.165) is 6.07 Å². The number of aliphatic carboxylic acids is 1. The van der Waals surface area contributed by atoms with Crippen molar-refractivity contribution in [3.63, 3.8) is 0 Å². The van der Waals surface area contributed by atoms with Crippen molar-refractivity contribution in [3.05, 3.63) is 35.1 Å². The van der Waals surface area contributed by atoms with Gasteiger partial charge >= 0.3 is 11.9 Å². The number of halogens is 1. The zero-order valence-electron chi connectivity index (χ0n) is 11.7. The molecule has 6 nitrogen and oxygen atoms in total. The number of hydrogen-bond donors (Lipinski definition) is 2. The average Bonchev–Trinajstić information content (AvgIpc) is 2.42. The lowest BCUT2D eigenvalue weighted by Crippen LogP contribution is -2.41. The number of benzene rings is 1. The Morgan fingerprint density at radius 1 is 1.38 bits per heavy atom. The lowest BCUT2D eigenvalue weighted by Gasteiger charge is -2.15. The number of carbonyl (C=O) groups is 3. The van der Waals surface area contributed by atoms with Crippen LogP contribution in [-0.4, -0.2) is 36.1 Å². The molecule has 0 bridgehead atoms. The van der Waals surface area contributed by atoms with Crippen molar-refractivity contribution in [1.82, 2.24) is 5.32 Å². The second-order valence-electron chi connectivity index (χ2n) is 4.44. The molecule has 1 atom stereocenters. The number of carbonyl (C=O) groups excluding carboxylic acids is 2. The second kappa shape index (κ2) is 7.37. The molecule has 114 valence electrons. The van der Waals surface area contributed by atoms with Crippen LogP contribution in [0.2, 0.25) is 0 Å². The molecule has 1 aromatic rings. The molecular formula is C14H16FNO5. The van der Waals surface area contributed by atoms with Crippen molar-refractivity contribution in [2.24, 2.45) is 0 Å². The molecular weight excluding hydrogens is 281 g/mol. The van der Waals surface area contributed by atoms with Crippen LogP contribution in [0.3, 0.4) is 0 Å². The van der Waals surface area contributed by atoms with Gasteiger partial charge in [0.1, 0.15) is 11.9 Å². The Kier molecular flexibility index (Phi) is 5.83. The van der Waals surface area contributed by atoms with E-state index in [-0.39, 0.29) is 18.4 Å². The SMILES string of the molecule is COC(=O)CC[C@@H](NC(=O)c1ccc(F)cc1C)C(=O)O. The molecule has 0 unspecified atom stereocenters. The monoisotopic (exact) mass is 297 g/mol. The van der Waals surface area contributed by atoms with Gasteiger partial charge in [0.25, 0.3) is 5.91 Å². The van der Waals surface area contributed by atoms with Crippen LogP contribution in [0.15, 0.2) is 18.2 Å². The highest BCUT2D eigenvalue weighted by Gasteiger charge is 2.22.